The van der Waals surface area contributed by atoms with E-state index in [1.165, 1.54) is 17.3 Å². The van der Waals surface area contributed by atoms with E-state index < -0.39 is 0 Å². The summed E-state index contributed by atoms with van der Waals surface area (Å²) >= 11 is 1.38. The van der Waals surface area contributed by atoms with Crippen LogP contribution in [-0.4, -0.2) is 31.4 Å². The number of thioether (sulfide) groups is 1. The molecular formula is C16H23N5OS. The van der Waals surface area contributed by atoms with Crippen molar-refractivity contribution in [3.8, 4) is 0 Å². The molecular weight excluding hydrogens is 310 g/mol. The summed E-state index contributed by atoms with van der Waals surface area (Å²) in [5.74, 6) is 0.429. The number of rotatable bonds is 7. The molecule has 2 aromatic rings. The number of aromatic nitrogens is 4. The van der Waals surface area contributed by atoms with Gasteiger partial charge in [-0.05, 0) is 35.8 Å². The van der Waals surface area contributed by atoms with Crippen molar-refractivity contribution < 1.29 is 4.79 Å². The van der Waals surface area contributed by atoms with Crippen LogP contribution in [-0.2, 0) is 17.9 Å². The van der Waals surface area contributed by atoms with Crippen LogP contribution in [0.5, 0.6) is 0 Å². The van der Waals surface area contributed by atoms with E-state index in [1.54, 1.807) is 4.68 Å². The monoisotopic (exact) mass is 333 g/mol. The zero-order valence-electron chi connectivity index (χ0n) is 14.0. The standard InChI is InChI=1S/C16H23N5OS/c1-11(2)10-21-16(18-19-20-21)23-13(4)15(22)17-9-14-7-5-12(3)6-8-14/h5-8,11,13H,9-10H2,1-4H3,(H,17,22). The van der Waals surface area contributed by atoms with Crippen LogP contribution in [0.15, 0.2) is 29.4 Å². The molecule has 6 nitrogen and oxygen atoms in total. The van der Waals surface area contributed by atoms with E-state index in [0.717, 1.165) is 12.1 Å². The van der Waals surface area contributed by atoms with Gasteiger partial charge in [-0.3, -0.25) is 4.79 Å². The van der Waals surface area contributed by atoms with Crippen LogP contribution in [0.4, 0.5) is 0 Å². The molecule has 0 aliphatic rings. The summed E-state index contributed by atoms with van der Waals surface area (Å²) in [7, 11) is 0. The highest BCUT2D eigenvalue weighted by molar-refractivity contribution is 8.00. The number of carbonyl (C=O) groups excluding carboxylic acids is 1. The number of aryl methyl sites for hydroxylation is 1. The van der Waals surface area contributed by atoms with E-state index in [4.69, 9.17) is 0 Å². The van der Waals surface area contributed by atoms with Gasteiger partial charge in [0, 0.05) is 13.1 Å². The lowest BCUT2D eigenvalue weighted by Gasteiger charge is -2.12. The zero-order valence-corrected chi connectivity index (χ0v) is 14.8. The van der Waals surface area contributed by atoms with E-state index >= 15 is 0 Å². The van der Waals surface area contributed by atoms with Gasteiger partial charge < -0.3 is 5.32 Å². The van der Waals surface area contributed by atoms with Gasteiger partial charge in [-0.1, -0.05) is 55.4 Å². The van der Waals surface area contributed by atoms with Gasteiger partial charge in [0.1, 0.15) is 0 Å². The first-order chi connectivity index (χ1) is 11.0. The van der Waals surface area contributed by atoms with Crippen molar-refractivity contribution in [2.24, 2.45) is 5.92 Å². The van der Waals surface area contributed by atoms with Crippen molar-refractivity contribution in [3.05, 3.63) is 35.4 Å². The second kappa shape index (κ2) is 8.10. The summed E-state index contributed by atoms with van der Waals surface area (Å²) in [4.78, 5) is 12.2. The van der Waals surface area contributed by atoms with Gasteiger partial charge in [0.25, 0.3) is 0 Å². The molecule has 2 rings (SSSR count). The molecule has 0 spiro atoms. The Morgan fingerprint density at radius 2 is 1.96 bits per heavy atom. The van der Waals surface area contributed by atoms with Gasteiger partial charge in [0.15, 0.2) is 0 Å². The smallest absolute Gasteiger partial charge is 0.233 e. The minimum absolute atomic E-state index is 0.0188. The number of benzene rings is 1. The number of amides is 1. The van der Waals surface area contributed by atoms with Gasteiger partial charge in [-0.2, -0.15) is 0 Å². The summed E-state index contributed by atoms with van der Waals surface area (Å²) in [6, 6.07) is 8.13. The van der Waals surface area contributed by atoms with E-state index in [9.17, 15) is 4.79 Å². The lowest BCUT2D eigenvalue weighted by atomic mass is 10.1. The highest BCUT2D eigenvalue weighted by Crippen LogP contribution is 2.21. The van der Waals surface area contributed by atoms with Crippen LogP contribution < -0.4 is 5.32 Å². The molecule has 1 unspecified atom stereocenters. The third-order valence-electron chi connectivity index (χ3n) is 3.28. The predicted molar refractivity (Wildman–Crippen MR) is 91.0 cm³/mol. The van der Waals surface area contributed by atoms with Crippen LogP contribution in [0.3, 0.4) is 0 Å². The molecule has 0 fully saturated rings. The van der Waals surface area contributed by atoms with E-state index in [0.29, 0.717) is 17.6 Å². The Bertz CT molecular complexity index is 638. The third-order valence-corrected chi connectivity index (χ3v) is 4.35. The number of nitrogens with one attached hydrogen (secondary N) is 1. The Labute approximate surface area is 141 Å². The molecule has 0 aliphatic heterocycles. The molecule has 0 radical (unpaired) electrons. The van der Waals surface area contributed by atoms with Crippen molar-refractivity contribution in [1.82, 2.24) is 25.5 Å². The lowest BCUT2D eigenvalue weighted by Crippen LogP contribution is -2.30. The zero-order chi connectivity index (χ0) is 16.8. The first-order valence-electron chi connectivity index (χ1n) is 7.71. The second-order valence-electron chi connectivity index (χ2n) is 6.00. The number of hydrogen-bond donors (Lipinski definition) is 1. The molecule has 1 heterocycles. The second-order valence-corrected chi connectivity index (χ2v) is 7.31. The number of hydrogen-bond acceptors (Lipinski definition) is 5. The molecule has 0 aliphatic carbocycles. The summed E-state index contributed by atoms with van der Waals surface area (Å²) in [6.07, 6.45) is 0. The van der Waals surface area contributed by atoms with Crippen LogP contribution >= 0.6 is 11.8 Å². The van der Waals surface area contributed by atoms with Crippen molar-refractivity contribution in [1.29, 1.82) is 0 Å². The first kappa shape index (κ1) is 17.5. The molecule has 23 heavy (non-hydrogen) atoms. The Kier molecular flexibility index (Phi) is 6.15. The average molecular weight is 333 g/mol. The van der Waals surface area contributed by atoms with Crippen LogP contribution in [0.1, 0.15) is 31.9 Å². The lowest BCUT2D eigenvalue weighted by molar-refractivity contribution is -0.120. The van der Waals surface area contributed by atoms with Gasteiger partial charge in [0.05, 0.1) is 5.25 Å². The summed E-state index contributed by atoms with van der Waals surface area (Å²) in [5, 5.41) is 15.1. The maximum absolute atomic E-state index is 12.2. The van der Waals surface area contributed by atoms with Crippen molar-refractivity contribution in [2.45, 2.75) is 51.2 Å². The van der Waals surface area contributed by atoms with Crippen molar-refractivity contribution in [3.63, 3.8) is 0 Å². The maximum Gasteiger partial charge on any atom is 0.233 e. The van der Waals surface area contributed by atoms with Crippen LogP contribution in [0, 0.1) is 12.8 Å². The molecule has 124 valence electrons. The molecule has 7 heteroatoms. The molecule has 1 atom stereocenters. The van der Waals surface area contributed by atoms with Crippen LogP contribution in [0.2, 0.25) is 0 Å². The largest absolute Gasteiger partial charge is 0.351 e. The van der Waals surface area contributed by atoms with E-state index in [1.807, 2.05) is 38.1 Å². The molecule has 0 saturated heterocycles. The Hall–Kier alpha value is -1.89. The summed E-state index contributed by atoms with van der Waals surface area (Å²) in [6.45, 7) is 9.39. The molecule has 1 aromatic heterocycles. The van der Waals surface area contributed by atoms with E-state index in [2.05, 4.69) is 34.7 Å². The molecule has 0 bridgehead atoms. The molecule has 1 N–H and O–H groups in total. The van der Waals surface area contributed by atoms with Crippen molar-refractivity contribution >= 4 is 17.7 Å². The Morgan fingerprint density at radius 3 is 2.61 bits per heavy atom. The first-order valence-corrected chi connectivity index (χ1v) is 8.59. The quantitative estimate of drug-likeness (QED) is 0.788. The van der Waals surface area contributed by atoms with Crippen LogP contribution in [0.25, 0.3) is 0 Å². The van der Waals surface area contributed by atoms with Crippen molar-refractivity contribution in [2.75, 3.05) is 0 Å². The Morgan fingerprint density at radius 1 is 1.26 bits per heavy atom. The Balaban J connectivity index is 1.87. The van der Waals surface area contributed by atoms with Gasteiger partial charge in [-0.15, -0.1) is 5.10 Å². The average Bonchev–Trinajstić information content (AvgIpc) is 2.92. The fraction of sp³-hybridized carbons (Fsp3) is 0.500. The number of tetrazole rings is 1. The normalized spacial score (nSPS) is 12.4. The fourth-order valence-corrected chi connectivity index (χ4v) is 2.81. The maximum atomic E-state index is 12.2. The summed E-state index contributed by atoms with van der Waals surface area (Å²) < 4.78 is 1.75. The van der Waals surface area contributed by atoms with E-state index in [-0.39, 0.29) is 11.2 Å². The summed E-state index contributed by atoms with van der Waals surface area (Å²) in [5.41, 5.74) is 2.30. The third kappa shape index (κ3) is 5.35. The highest BCUT2D eigenvalue weighted by atomic mass is 32.2. The van der Waals surface area contributed by atoms with Gasteiger partial charge in [0.2, 0.25) is 11.1 Å². The predicted octanol–water partition coefficient (Wildman–Crippen LogP) is 2.43. The SMILES string of the molecule is Cc1ccc(CNC(=O)C(C)Sc2nnnn2CC(C)C)cc1. The van der Waals surface area contributed by atoms with Gasteiger partial charge in [-0.25, -0.2) is 4.68 Å². The minimum Gasteiger partial charge on any atom is -0.351 e. The molecule has 1 aromatic carbocycles. The fourth-order valence-electron chi connectivity index (χ4n) is 1.99. The topological polar surface area (TPSA) is 72.7 Å². The minimum atomic E-state index is -0.252. The number of nitrogens with zero attached hydrogens (tertiary/aromatic N) is 4. The highest BCUT2D eigenvalue weighted by Gasteiger charge is 2.18. The molecule has 1 amide bonds. The number of carbonyl (C=O) groups is 1. The van der Waals surface area contributed by atoms with Gasteiger partial charge >= 0.3 is 0 Å². The molecule has 0 saturated carbocycles.